The fraction of sp³-hybridized carbons (Fsp3) is 0.174. The summed E-state index contributed by atoms with van der Waals surface area (Å²) < 4.78 is 44.8. The number of carbonyl (C=O) groups excluding carboxylic acids is 1. The number of nitrogens with zero attached hydrogens (tertiary/aromatic N) is 7. The summed E-state index contributed by atoms with van der Waals surface area (Å²) in [6.07, 6.45) is 4.41. The molecule has 0 aliphatic rings. The molecule has 0 unspecified atom stereocenters. The third-order valence-electron chi connectivity index (χ3n) is 5.24. The van der Waals surface area contributed by atoms with E-state index in [4.69, 9.17) is 0 Å². The van der Waals surface area contributed by atoms with Gasteiger partial charge in [0.1, 0.15) is 30.2 Å². The van der Waals surface area contributed by atoms with Crippen molar-refractivity contribution < 1.29 is 22.7 Å². The van der Waals surface area contributed by atoms with E-state index in [9.17, 15) is 28.4 Å². The minimum atomic E-state index is -3.50. The first kappa shape index (κ1) is 25.0. The molecule has 0 spiro atoms. The van der Waals surface area contributed by atoms with Gasteiger partial charge in [-0.1, -0.05) is 6.07 Å². The third kappa shape index (κ3) is 5.61. The van der Waals surface area contributed by atoms with E-state index >= 15 is 0 Å². The molecule has 2 N–H and O–H groups in total. The topological polar surface area (TPSA) is 148 Å². The van der Waals surface area contributed by atoms with Crippen molar-refractivity contribution in [3.8, 4) is 11.8 Å². The fourth-order valence-electron chi connectivity index (χ4n) is 3.42. The van der Waals surface area contributed by atoms with Crippen LogP contribution in [0.3, 0.4) is 0 Å². The lowest BCUT2D eigenvalue weighted by molar-refractivity contribution is -0.598. The Morgan fingerprint density at radius 1 is 1.19 bits per heavy atom. The van der Waals surface area contributed by atoms with Crippen LogP contribution in [0.1, 0.15) is 22.6 Å². The van der Waals surface area contributed by atoms with Crippen LogP contribution >= 0.6 is 0 Å². The van der Waals surface area contributed by atoms with Gasteiger partial charge in [-0.05, 0) is 24.3 Å². The van der Waals surface area contributed by atoms with Gasteiger partial charge < -0.3 is 10.5 Å². The molecule has 1 amide bonds. The van der Waals surface area contributed by atoms with Crippen LogP contribution in [0, 0.1) is 22.4 Å². The summed E-state index contributed by atoms with van der Waals surface area (Å²) in [7, 11) is 0. The maximum Gasteiger partial charge on any atom is 0.342 e. The van der Waals surface area contributed by atoms with Gasteiger partial charge in [-0.3, -0.25) is 10.1 Å². The van der Waals surface area contributed by atoms with E-state index in [1.165, 1.54) is 54.0 Å². The molecule has 14 heteroatoms. The number of nitrogens with one attached hydrogen (secondary N) is 2. The van der Waals surface area contributed by atoms with Gasteiger partial charge in [-0.15, -0.1) is 0 Å². The second-order valence-corrected chi connectivity index (χ2v) is 7.65. The monoisotopic (exact) mass is 509 g/mol. The van der Waals surface area contributed by atoms with Crippen LogP contribution in [0.25, 0.3) is 5.69 Å². The maximum absolute atomic E-state index is 14.5. The normalized spacial score (nSPS) is 11.1. The van der Waals surface area contributed by atoms with Crippen LogP contribution in [0.2, 0.25) is 0 Å². The number of amides is 1. The minimum absolute atomic E-state index is 0.122. The van der Waals surface area contributed by atoms with Crippen molar-refractivity contribution in [3.05, 3.63) is 95.1 Å². The molecule has 0 saturated heterocycles. The molecule has 0 atom stereocenters. The highest BCUT2D eigenvalue weighted by molar-refractivity contribution is 5.78. The van der Waals surface area contributed by atoms with Crippen molar-refractivity contribution in [3.63, 3.8) is 0 Å². The van der Waals surface area contributed by atoms with Crippen molar-refractivity contribution in [2.45, 2.75) is 18.9 Å². The Morgan fingerprint density at radius 2 is 1.97 bits per heavy atom. The fourth-order valence-corrected chi connectivity index (χ4v) is 3.42. The SMILES string of the molecule is N#Cc1ccc(NCC(F)(F)c2ncccn2)[n+]([O-])c1CC(=O)NCc1c(F)cccc1-n1cncn1. The van der Waals surface area contributed by atoms with E-state index in [1.54, 1.807) is 12.1 Å². The molecule has 188 valence electrons. The van der Waals surface area contributed by atoms with Crippen molar-refractivity contribution >= 4 is 11.7 Å². The molecule has 4 rings (SSSR count). The van der Waals surface area contributed by atoms with Crippen LogP contribution in [-0.4, -0.2) is 37.2 Å². The molecule has 37 heavy (non-hydrogen) atoms. The van der Waals surface area contributed by atoms with Crippen molar-refractivity contribution in [2.75, 3.05) is 11.9 Å². The van der Waals surface area contributed by atoms with Crippen LogP contribution in [-0.2, 0) is 23.7 Å². The summed E-state index contributed by atoms with van der Waals surface area (Å²) in [6, 6.07) is 9.85. The van der Waals surface area contributed by atoms with Gasteiger partial charge in [0.25, 0.3) is 5.82 Å². The number of pyridine rings is 1. The molecule has 1 aromatic carbocycles. The van der Waals surface area contributed by atoms with Gasteiger partial charge in [0.2, 0.25) is 11.7 Å². The van der Waals surface area contributed by atoms with Gasteiger partial charge in [0.15, 0.2) is 6.54 Å². The molecule has 4 aromatic rings. The second-order valence-electron chi connectivity index (χ2n) is 7.65. The van der Waals surface area contributed by atoms with E-state index in [1.807, 2.05) is 0 Å². The zero-order valence-corrected chi connectivity index (χ0v) is 19.0. The maximum atomic E-state index is 14.5. The lowest BCUT2D eigenvalue weighted by atomic mass is 10.1. The Kier molecular flexibility index (Phi) is 7.23. The third-order valence-corrected chi connectivity index (χ3v) is 5.24. The average molecular weight is 509 g/mol. The van der Waals surface area contributed by atoms with Gasteiger partial charge in [-0.25, -0.2) is 28.8 Å². The predicted octanol–water partition coefficient (Wildman–Crippen LogP) is 1.76. The van der Waals surface area contributed by atoms with E-state index in [0.717, 1.165) is 6.07 Å². The van der Waals surface area contributed by atoms with Gasteiger partial charge in [0.05, 0.1) is 17.7 Å². The lowest BCUT2D eigenvalue weighted by Crippen LogP contribution is -2.41. The van der Waals surface area contributed by atoms with E-state index in [0.29, 0.717) is 5.69 Å². The van der Waals surface area contributed by atoms with E-state index in [-0.39, 0.29) is 33.9 Å². The van der Waals surface area contributed by atoms with Crippen molar-refractivity contribution in [2.24, 2.45) is 0 Å². The molecule has 3 aromatic heterocycles. The van der Waals surface area contributed by atoms with Crippen LogP contribution in [0.4, 0.5) is 19.0 Å². The van der Waals surface area contributed by atoms with Crippen LogP contribution < -0.4 is 15.4 Å². The second kappa shape index (κ2) is 10.7. The number of aromatic nitrogens is 6. The van der Waals surface area contributed by atoms with Crippen LogP contribution in [0.5, 0.6) is 0 Å². The number of anilines is 1. The molecule has 0 saturated carbocycles. The first-order valence-corrected chi connectivity index (χ1v) is 10.7. The number of hydrogen-bond donors (Lipinski definition) is 2. The Balaban J connectivity index is 1.48. The lowest BCUT2D eigenvalue weighted by Gasteiger charge is -2.18. The summed E-state index contributed by atoms with van der Waals surface area (Å²) in [4.78, 5) is 23.5. The molecule has 0 aliphatic heterocycles. The molecule has 0 radical (unpaired) electrons. The highest BCUT2D eigenvalue weighted by Crippen LogP contribution is 2.24. The molecular formula is C23H18F3N9O2. The summed E-state index contributed by atoms with van der Waals surface area (Å²) >= 11 is 0. The molecule has 3 heterocycles. The molecule has 0 aliphatic carbocycles. The summed E-state index contributed by atoms with van der Waals surface area (Å²) in [5, 5.41) is 31.0. The smallest absolute Gasteiger partial charge is 0.342 e. The molecule has 0 fully saturated rings. The predicted molar refractivity (Wildman–Crippen MR) is 121 cm³/mol. The number of benzene rings is 1. The Hall–Kier alpha value is -5.06. The van der Waals surface area contributed by atoms with Gasteiger partial charge in [-0.2, -0.15) is 19.1 Å². The van der Waals surface area contributed by atoms with E-state index in [2.05, 4.69) is 30.7 Å². The summed E-state index contributed by atoms with van der Waals surface area (Å²) in [5.41, 5.74) is 0.0823. The number of halogens is 3. The first-order valence-electron chi connectivity index (χ1n) is 10.7. The molecule has 11 nitrogen and oxygen atoms in total. The quantitative estimate of drug-likeness (QED) is 0.256. The first-order chi connectivity index (χ1) is 17.8. The van der Waals surface area contributed by atoms with E-state index < -0.39 is 36.4 Å². The summed E-state index contributed by atoms with van der Waals surface area (Å²) in [6.45, 7) is -1.25. The average Bonchev–Trinajstić information content (AvgIpc) is 3.44. The highest BCUT2D eigenvalue weighted by Gasteiger charge is 2.37. The van der Waals surface area contributed by atoms with Gasteiger partial charge in [0, 0.05) is 30.6 Å². The van der Waals surface area contributed by atoms with Crippen LogP contribution in [0.15, 0.2) is 61.4 Å². The van der Waals surface area contributed by atoms with Gasteiger partial charge >= 0.3 is 5.92 Å². The minimum Gasteiger partial charge on any atom is -0.710 e. The number of hydrogen-bond acceptors (Lipinski definition) is 8. The number of nitriles is 1. The number of rotatable bonds is 9. The zero-order valence-electron chi connectivity index (χ0n) is 19.0. The number of alkyl halides is 2. The number of carbonyl (C=O) groups is 1. The standard InChI is InChI=1S/C23H18F3N9O2/c24-17-3-1-4-18(34-14-28-13-33-34)16(17)11-31-21(36)9-19-15(10-27)5-6-20(35(19)37)32-12-23(25,26)22-29-7-2-8-30-22/h1-8,13-14,32H,9,11-12H2,(H,31,36). The summed E-state index contributed by atoms with van der Waals surface area (Å²) in [5.74, 6) is -5.83. The highest BCUT2D eigenvalue weighted by atomic mass is 19.3. The zero-order chi connectivity index (χ0) is 26.4. The molecule has 0 bridgehead atoms. The van der Waals surface area contributed by atoms with Crippen molar-refractivity contribution in [1.82, 2.24) is 30.0 Å². The Labute approximate surface area is 207 Å². The largest absolute Gasteiger partial charge is 0.710 e. The molecular weight excluding hydrogens is 491 g/mol. The Morgan fingerprint density at radius 3 is 2.68 bits per heavy atom. The Bertz CT molecular complexity index is 1440. The van der Waals surface area contributed by atoms with Crippen molar-refractivity contribution in [1.29, 1.82) is 5.26 Å².